The van der Waals surface area contributed by atoms with E-state index in [0.717, 1.165) is 60.5 Å². The fraction of sp³-hybridized carbons (Fsp3) is 0.400. The van der Waals surface area contributed by atoms with Gasteiger partial charge in [-0.05, 0) is 48.2 Å². The van der Waals surface area contributed by atoms with Crippen molar-refractivity contribution in [2.75, 3.05) is 31.1 Å². The molecule has 33 heavy (non-hydrogen) atoms. The second-order valence-corrected chi connectivity index (χ2v) is 9.67. The first-order chi connectivity index (χ1) is 16.1. The minimum atomic E-state index is -0.441. The molecule has 1 aromatic carbocycles. The van der Waals surface area contributed by atoms with Gasteiger partial charge in [0.25, 0.3) is 11.1 Å². The topological polar surface area (TPSA) is 74.1 Å². The maximum atomic E-state index is 12.9. The van der Waals surface area contributed by atoms with Crippen LogP contribution in [0.3, 0.4) is 0 Å². The molecule has 3 aliphatic heterocycles. The summed E-state index contributed by atoms with van der Waals surface area (Å²) in [6, 6.07) is 11.8. The SMILES string of the molecule is O=C(CN1C(=O)SC(=Cc2ccc(N3CCCCCC3)o2)C1=O)N1CCc2ccccc2C1. The van der Waals surface area contributed by atoms with E-state index in [9.17, 15) is 14.4 Å². The van der Waals surface area contributed by atoms with E-state index in [0.29, 0.717) is 18.8 Å². The van der Waals surface area contributed by atoms with Crippen LogP contribution in [0, 0.1) is 0 Å². The van der Waals surface area contributed by atoms with Gasteiger partial charge < -0.3 is 14.2 Å². The van der Waals surface area contributed by atoms with Crippen molar-refractivity contribution in [3.05, 3.63) is 58.2 Å². The van der Waals surface area contributed by atoms with Gasteiger partial charge in [-0.15, -0.1) is 0 Å². The van der Waals surface area contributed by atoms with Crippen LogP contribution in [0.2, 0.25) is 0 Å². The molecule has 0 aliphatic carbocycles. The Labute approximate surface area is 197 Å². The van der Waals surface area contributed by atoms with Crippen LogP contribution in [0.4, 0.5) is 10.7 Å². The average Bonchev–Trinajstić information content (AvgIpc) is 3.26. The minimum Gasteiger partial charge on any atom is -0.441 e. The number of carbonyl (C=O) groups is 3. The zero-order chi connectivity index (χ0) is 22.8. The van der Waals surface area contributed by atoms with E-state index in [1.165, 1.54) is 18.4 Å². The largest absolute Gasteiger partial charge is 0.441 e. The van der Waals surface area contributed by atoms with Gasteiger partial charge in [-0.2, -0.15) is 0 Å². The predicted octanol–water partition coefficient (Wildman–Crippen LogP) is 4.28. The molecule has 0 N–H and O–H groups in total. The summed E-state index contributed by atoms with van der Waals surface area (Å²) in [5.74, 6) is 0.680. The highest BCUT2D eigenvalue weighted by Gasteiger charge is 2.37. The van der Waals surface area contributed by atoms with E-state index in [4.69, 9.17) is 4.42 Å². The fourth-order valence-electron chi connectivity index (χ4n) is 4.59. The van der Waals surface area contributed by atoms with Gasteiger partial charge in [-0.1, -0.05) is 37.1 Å². The highest BCUT2D eigenvalue weighted by atomic mass is 32.2. The predicted molar refractivity (Wildman–Crippen MR) is 128 cm³/mol. The molecule has 0 bridgehead atoms. The van der Waals surface area contributed by atoms with Gasteiger partial charge in [0.15, 0.2) is 5.88 Å². The highest BCUT2D eigenvalue weighted by Crippen LogP contribution is 2.33. The normalized spacial score (nSPS) is 20.4. The van der Waals surface area contributed by atoms with E-state index < -0.39 is 11.1 Å². The van der Waals surface area contributed by atoms with Gasteiger partial charge >= 0.3 is 0 Å². The number of hydrogen-bond acceptors (Lipinski definition) is 6. The average molecular weight is 466 g/mol. The molecule has 2 aromatic rings. The van der Waals surface area contributed by atoms with Gasteiger partial charge in [0.05, 0.1) is 4.91 Å². The van der Waals surface area contributed by atoms with Crippen molar-refractivity contribution in [2.24, 2.45) is 0 Å². The lowest BCUT2D eigenvalue weighted by Crippen LogP contribution is -2.44. The van der Waals surface area contributed by atoms with E-state index in [-0.39, 0.29) is 17.4 Å². The van der Waals surface area contributed by atoms with Crippen LogP contribution in [-0.2, 0) is 22.6 Å². The Kier molecular flexibility index (Phi) is 6.26. The molecule has 8 heteroatoms. The number of thioether (sulfide) groups is 1. The van der Waals surface area contributed by atoms with E-state index >= 15 is 0 Å². The summed E-state index contributed by atoms with van der Waals surface area (Å²) >= 11 is 0.856. The van der Waals surface area contributed by atoms with Crippen LogP contribution in [0.25, 0.3) is 6.08 Å². The van der Waals surface area contributed by atoms with Crippen LogP contribution in [-0.4, -0.2) is 53.0 Å². The summed E-state index contributed by atoms with van der Waals surface area (Å²) in [5.41, 5.74) is 2.36. The molecule has 1 aromatic heterocycles. The monoisotopic (exact) mass is 465 g/mol. The third-order valence-corrected chi connectivity index (χ3v) is 7.36. The molecule has 3 aliphatic rings. The van der Waals surface area contributed by atoms with Crippen LogP contribution in [0.1, 0.15) is 42.6 Å². The molecule has 2 saturated heterocycles. The summed E-state index contributed by atoms with van der Waals surface area (Å²) in [4.78, 5) is 43.5. The summed E-state index contributed by atoms with van der Waals surface area (Å²) in [5, 5.41) is -0.420. The second kappa shape index (κ2) is 9.47. The first kappa shape index (κ1) is 21.8. The molecule has 0 saturated carbocycles. The molecule has 3 amide bonds. The Bertz CT molecular complexity index is 1100. The minimum absolute atomic E-state index is 0.213. The van der Waals surface area contributed by atoms with E-state index in [2.05, 4.69) is 11.0 Å². The number of benzene rings is 1. The van der Waals surface area contributed by atoms with Crippen molar-refractivity contribution >= 4 is 40.8 Å². The number of amides is 3. The Morgan fingerprint density at radius 2 is 1.73 bits per heavy atom. The zero-order valence-electron chi connectivity index (χ0n) is 18.5. The summed E-state index contributed by atoms with van der Waals surface area (Å²) < 4.78 is 5.95. The van der Waals surface area contributed by atoms with Crippen LogP contribution >= 0.6 is 11.8 Å². The molecule has 0 radical (unpaired) electrons. The molecule has 0 spiro atoms. The summed E-state index contributed by atoms with van der Waals surface area (Å²) in [6.45, 7) is 2.79. The van der Waals surface area contributed by atoms with Gasteiger partial charge in [0.2, 0.25) is 5.91 Å². The molecule has 4 heterocycles. The molecule has 7 nitrogen and oxygen atoms in total. The van der Waals surface area contributed by atoms with Crippen molar-refractivity contribution < 1.29 is 18.8 Å². The first-order valence-electron chi connectivity index (χ1n) is 11.5. The Balaban J connectivity index is 1.24. The smallest absolute Gasteiger partial charge is 0.294 e. The summed E-state index contributed by atoms with van der Waals surface area (Å²) in [7, 11) is 0. The van der Waals surface area contributed by atoms with Gasteiger partial charge in [0.1, 0.15) is 12.3 Å². The van der Waals surface area contributed by atoms with Crippen molar-refractivity contribution in [2.45, 2.75) is 38.6 Å². The van der Waals surface area contributed by atoms with Crippen LogP contribution in [0.15, 0.2) is 45.7 Å². The number of nitrogens with zero attached hydrogens (tertiary/aromatic N) is 3. The van der Waals surface area contributed by atoms with E-state index in [1.54, 1.807) is 11.0 Å². The number of hydrogen-bond donors (Lipinski definition) is 0. The molecule has 5 rings (SSSR count). The molecule has 0 unspecified atom stereocenters. The number of rotatable bonds is 4. The van der Waals surface area contributed by atoms with Crippen molar-refractivity contribution in [1.29, 1.82) is 0 Å². The van der Waals surface area contributed by atoms with E-state index in [1.807, 2.05) is 30.3 Å². The Morgan fingerprint density at radius 1 is 0.970 bits per heavy atom. The third kappa shape index (κ3) is 4.71. The molecule has 2 fully saturated rings. The number of furan rings is 1. The molecular weight excluding hydrogens is 438 g/mol. The number of fused-ring (bicyclic) bond motifs is 1. The lowest BCUT2D eigenvalue weighted by molar-refractivity contribution is -0.136. The van der Waals surface area contributed by atoms with Gasteiger partial charge in [-0.3, -0.25) is 19.3 Å². The maximum Gasteiger partial charge on any atom is 0.294 e. The third-order valence-electron chi connectivity index (χ3n) is 6.45. The second-order valence-electron chi connectivity index (χ2n) is 8.68. The van der Waals surface area contributed by atoms with Crippen molar-refractivity contribution in [3.63, 3.8) is 0 Å². The Morgan fingerprint density at radius 3 is 2.52 bits per heavy atom. The first-order valence-corrected chi connectivity index (χ1v) is 12.3. The maximum absolute atomic E-state index is 12.9. The quantitative estimate of drug-likeness (QED) is 0.628. The lowest BCUT2D eigenvalue weighted by atomic mass is 10.00. The number of anilines is 1. The zero-order valence-corrected chi connectivity index (χ0v) is 19.3. The van der Waals surface area contributed by atoms with Gasteiger partial charge in [0, 0.05) is 38.3 Å². The van der Waals surface area contributed by atoms with Crippen molar-refractivity contribution in [1.82, 2.24) is 9.80 Å². The molecule has 0 atom stereocenters. The van der Waals surface area contributed by atoms with Crippen molar-refractivity contribution in [3.8, 4) is 0 Å². The number of carbonyl (C=O) groups excluding carboxylic acids is 3. The molecule has 172 valence electrons. The molecular formula is C25H27N3O4S. The fourth-order valence-corrected chi connectivity index (χ4v) is 5.41. The Hall–Kier alpha value is -3.00. The standard InChI is InChI=1S/C25H27N3O4S/c29-22(27-14-11-18-7-3-4-8-19(18)16-27)17-28-24(30)21(33-25(28)31)15-20-9-10-23(32-20)26-12-5-1-2-6-13-26/h3-4,7-10,15H,1-2,5-6,11-14,16-17H2. The number of imide groups is 1. The van der Waals surface area contributed by atoms with Crippen LogP contribution < -0.4 is 4.90 Å². The highest BCUT2D eigenvalue weighted by molar-refractivity contribution is 8.18. The lowest BCUT2D eigenvalue weighted by Gasteiger charge is -2.29. The van der Waals surface area contributed by atoms with Crippen LogP contribution in [0.5, 0.6) is 0 Å². The summed E-state index contributed by atoms with van der Waals surface area (Å²) in [6.07, 6.45) is 7.15. The van der Waals surface area contributed by atoms with Gasteiger partial charge in [-0.25, -0.2) is 0 Å².